The molecule has 0 aliphatic heterocycles. The maximum atomic E-state index is 5.85. The van der Waals surface area contributed by atoms with Crippen LogP contribution in [0.1, 0.15) is 17.0 Å². The number of nitrogens with zero attached hydrogens (tertiary/aromatic N) is 2. The van der Waals surface area contributed by atoms with Crippen molar-refractivity contribution in [3.63, 3.8) is 0 Å². The van der Waals surface area contributed by atoms with Crippen molar-refractivity contribution in [2.24, 2.45) is 0 Å². The molecule has 0 amide bonds. The van der Waals surface area contributed by atoms with Crippen LogP contribution in [0.25, 0.3) is 0 Å². The molecule has 0 atom stereocenters. The molecule has 0 aliphatic carbocycles. The molecule has 0 radical (unpaired) electrons. The highest BCUT2D eigenvalue weighted by Gasteiger charge is 2.08. The monoisotopic (exact) mass is 273 g/mol. The minimum absolute atomic E-state index is 0.401. The fourth-order valence-corrected chi connectivity index (χ4v) is 1.90. The van der Waals surface area contributed by atoms with Crippen LogP contribution < -0.4 is 14.8 Å². The molecule has 0 saturated heterocycles. The summed E-state index contributed by atoms with van der Waals surface area (Å²) in [5.74, 6) is 1.36. The lowest BCUT2D eigenvalue weighted by Gasteiger charge is -2.12. The van der Waals surface area contributed by atoms with Gasteiger partial charge in [-0.15, -0.1) is 0 Å². The molecule has 2 heterocycles. The summed E-state index contributed by atoms with van der Waals surface area (Å²) in [4.78, 5) is 8.64. The second-order valence-corrected chi connectivity index (χ2v) is 4.39. The highest BCUT2D eigenvalue weighted by atomic mass is 16.5. The summed E-state index contributed by atoms with van der Waals surface area (Å²) in [6.45, 7) is 3.03. The predicted octanol–water partition coefficient (Wildman–Crippen LogP) is 2.09. The zero-order chi connectivity index (χ0) is 14.4. The van der Waals surface area contributed by atoms with E-state index in [4.69, 9.17) is 9.47 Å². The van der Waals surface area contributed by atoms with Crippen molar-refractivity contribution in [3.05, 3.63) is 47.4 Å². The van der Waals surface area contributed by atoms with E-state index in [9.17, 15) is 0 Å². The first-order valence-corrected chi connectivity index (χ1v) is 6.46. The number of nitrogens with one attached hydrogen (secondary N) is 1. The Morgan fingerprint density at radius 1 is 1.25 bits per heavy atom. The molecule has 106 valence electrons. The Kier molecular flexibility index (Phi) is 4.90. The number of rotatable bonds is 6. The molecule has 5 nitrogen and oxygen atoms in total. The molecule has 1 N–H and O–H groups in total. The molecule has 2 aromatic rings. The molecule has 0 aromatic carbocycles. The van der Waals surface area contributed by atoms with Crippen LogP contribution in [-0.4, -0.2) is 24.1 Å². The van der Waals surface area contributed by atoms with Gasteiger partial charge in [0.2, 0.25) is 5.88 Å². The van der Waals surface area contributed by atoms with Crippen molar-refractivity contribution in [1.29, 1.82) is 0 Å². The summed E-state index contributed by atoms with van der Waals surface area (Å²) < 4.78 is 11.1. The van der Waals surface area contributed by atoms with E-state index in [-0.39, 0.29) is 0 Å². The van der Waals surface area contributed by atoms with Gasteiger partial charge in [0.15, 0.2) is 0 Å². The lowest BCUT2D eigenvalue weighted by atomic mass is 10.2. The summed E-state index contributed by atoms with van der Waals surface area (Å²) >= 11 is 0. The van der Waals surface area contributed by atoms with Crippen molar-refractivity contribution in [1.82, 2.24) is 15.3 Å². The fourth-order valence-electron chi connectivity index (χ4n) is 1.90. The Morgan fingerprint density at radius 2 is 2.10 bits per heavy atom. The SMILES string of the molecule is CNCc1nc(C)ccc1OCc1cccnc1OC. The van der Waals surface area contributed by atoms with Gasteiger partial charge in [0.05, 0.1) is 18.4 Å². The van der Waals surface area contributed by atoms with E-state index >= 15 is 0 Å². The highest BCUT2D eigenvalue weighted by Crippen LogP contribution is 2.21. The predicted molar refractivity (Wildman–Crippen MR) is 76.9 cm³/mol. The number of methoxy groups -OCH3 is 1. The number of pyridine rings is 2. The van der Waals surface area contributed by atoms with Crippen LogP contribution in [0.2, 0.25) is 0 Å². The topological polar surface area (TPSA) is 56.3 Å². The van der Waals surface area contributed by atoms with Crippen molar-refractivity contribution < 1.29 is 9.47 Å². The van der Waals surface area contributed by atoms with Gasteiger partial charge in [0, 0.05) is 18.4 Å². The number of ether oxygens (including phenoxy) is 2. The summed E-state index contributed by atoms with van der Waals surface area (Å²) in [5.41, 5.74) is 2.78. The van der Waals surface area contributed by atoms with Crippen LogP contribution in [0.5, 0.6) is 11.6 Å². The van der Waals surface area contributed by atoms with Gasteiger partial charge < -0.3 is 14.8 Å². The first kappa shape index (κ1) is 14.3. The molecule has 0 aliphatic rings. The van der Waals surface area contributed by atoms with Gasteiger partial charge in [-0.25, -0.2) is 4.98 Å². The van der Waals surface area contributed by atoms with Gasteiger partial charge in [-0.05, 0) is 38.2 Å². The number of aromatic nitrogens is 2. The van der Waals surface area contributed by atoms with Crippen LogP contribution >= 0.6 is 0 Å². The fraction of sp³-hybridized carbons (Fsp3) is 0.333. The van der Waals surface area contributed by atoms with E-state index < -0.39 is 0 Å². The Labute approximate surface area is 119 Å². The molecule has 0 unspecified atom stereocenters. The molecule has 0 saturated carbocycles. The summed E-state index contributed by atoms with van der Waals surface area (Å²) in [6, 6.07) is 7.68. The smallest absolute Gasteiger partial charge is 0.219 e. The Balaban J connectivity index is 2.14. The lowest BCUT2D eigenvalue weighted by molar-refractivity contribution is 0.289. The highest BCUT2D eigenvalue weighted by molar-refractivity contribution is 5.31. The Hall–Kier alpha value is -2.14. The second-order valence-electron chi connectivity index (χ2n) is 4.39. The average Bonchev–Trinajstić information content (AvgIpc) is 2.47. The van der Waals surface area contributed by atoms with Gasteiger partial charge in [-0.3, -0.25) is 4.98 Å². The van der Waals surface area contributed by atoms with Gasteiger partial charge >= 0.3 is 0 Å². The maximum absolute atomic E-state index is 5.85. The minimum Gasteiger partial charge on any atom is -0.487 e. The quantitative estimate of drug-likeness (QED) is 0.873. The van der Waals surface area contributed by atoms with Gasteiger partial charge in [-0.1, -0.05) is 0 Å². The van der Waals surface area contributed by atoms with Gasteiger partial charge in [0.25, 0.3) is 0 Å². The molecule has 2 aromatic heterocycles. The van der Waals surface area contributed by atoms with E-state index in [0.29, 0.717) is 19.0 Å². The molecule has 2 rings (SSSR count). The second kappa shape index (κ2) is 6.86. The van der Waals surface area contributed by atoms with Crippen molar-refractivity contribution in [3.8, 4) is 11.6 Å². The average molecular weight is 273 g/mol. The Bertz CT molecular complexity index is 573. The third-order valence-corrected chi connectivity index (χ3v) is 2.84. The third-order valence-electron chi connectivity index (χ3n) is 2.84. The largest absolute Gasteiger partial charge is 0.487 e. The van der Waals surface area contributed by atoms with Crippen LogP contribution in [-0.2, 0) is 13.2 Å². The molecule has 0 bridgehead atoms. The molecular formula is C15H19N3O2. The van der Waals surface area contributed by atoms with Crippen LogP contribution in [0.4, 0.5) is 0 Å². The summed E-state index contributed by atoms with van der Waals surface area (Å²) in [5, 5.41) is 3.09. The zero-order valence-corrected chi connectivity index (χ0v) is 12.0. The number of hydrogen-bond acceptors (Lipinski definition) is 5. The van der Waals surface area contributed by atoms with Crippen molar-refractivity contribution in [2.75, 3.05) is 14.2 Å². The van der Waals surface area contributed by atoms with Crippen LogP contribution in [0.3, 0.4) is 0 Å². The van der Waals surface area contributed by atoms with Crippen molar-refractivity contribution >= 4 is 0 Å². The standard InChI is InChI=1S/C15H19N3O2/c1-11-6-7-14(13(18-11)9-16-2)20-10-12-5-4-8-17-15(12)19-3/h4-8,16H,9-10H2,1-3H3. The number of hydrogen-bond donors (Lipinski definition) is 1. The van der Waals surface area contributed by atoms with Gasteiger partial charge in [-0.2, -0.15) is 0 Å². The van der Waals surface area contributed by atoms with E-state index in [1.54, 1.807) is 13.3 Å². The van der Waals surface area contributed by atoms with Crippen molar-refractivity contribution in [2.45, 2.75) is 20.1 Å². The molecule has 0 spiro atoms. The molecule has 0 fully saturated rings. The molecule has 20 heavy (non-hydrogen) atoms. The zero-order valence-electron chi connectivity index (χ0n) is 12.0. The van der Waals surface area contributed by atoms with E-state index in [1.165, 1.54) is 0 Å². The Morgan fingerprint density at radius 3 is 2.85 bits per heavy atom. The first-order valence-electron chi connectivity index (χ1n) is 6.46. The van der Waals surface area contributed by atoms with E-state index in [0.717, 1.165) is 22.7 Å². The normalized spacial score (nSPS) is 10.3. The molecule has 5 heteroatoms. The minimum atomic E-state index is 0.401. The van der Waals surface area contributed by atoms with Crippen LogP contribution in [0, 0.1) is 6.92 Å². The summed E-state index contributed by atoms with van der Waals surface area (Å²) in [6.07, 6.45) is 1.70. The summed E-state index contributed by atoms with van der Waals surface area (Å²) in [7, 11) is 3.49. The van der Waals surface area contributed by atoms with Gasteiger partial charge in [0.1, 0.15) is 12.4 Å². The number of aryl methyl sites for hydroxylation is 1. The lowest BCUT2D eigenvalue weighted by Crippen LogP contribution is -2.10. The maximum Gasteiger partial charge on any atom is 0.219 e. The van der Waals surface area contributed by atoms with Crippen LogP contribution in [0.15, 0.2) is 30.5 Å². The van der Waals surface area contributed by atoms with E-state index in [2.05, 4.69) is 15.3 Å². The molecular weight excluding hydrogens is 254 g/mol. The first-order chi connectivity index (χ1) is 9.74. The van der Waals surface area contributed by atoms with E-state index in [1.807, 2.05) is 38.2 Å². The third kappa shape index (κ3) is 3.45.